The number of primary amides is 1. The molecule has 0 spiro atoms. The molecular weight excluding hydrogens is 266 g/mol. The number of nitrogens with one attached hydrogen (secondary N) is 1. The fraction of sp³-hybridized carbons (Fsp3) is 0.500. The van der Waals surface area contributed by atoms with Crippen LogP contribution >= 0.6 is 0 Å². The molecule has 0 bridgehead atoms. The molecule has 2 amide bonds. The van der Waals surface area contributed by atoms with Crippen molar-refractivity contribution in [2.75, 3.05) is 19.6 Å². The van der Waals surface area contributed by atoms with Crippen LogP contribution in [0, 0.1) is 0 Å². The fourth-order valence-electron chi connectivity index (χ4n) is 3.35. The molecule has 1 heterocycles. The van der Waals surface area contributed by atoms with Gasteiger partial charge < -0.3 is 16.0 Å². The van der Waals surface area contributed by atoms with Crippen LogP contribution in [0.1, 0.15) is 29.9 Å². The Morgan fingerprint density at radius 2 is 1.95 bits per heavy atom. The molecular formula is C16H21N3O2. The smallest absolute Gasteiger partial charge is 0.237 e. The summed E-state index contributed by atoms with van der Waals surface area (Å²) < 4.78 is 0. The molecule has 1 aliphatic heterocycles. The highest BCUT2D eigenvalue weighted by Gasteiger charge is 2.37. The van der Waals surface area contributed by atoms with E-state index < -0.39 is 5.91 Å². The van der Waals surface area contributed by atoms with Crippen LogP contribution in [0.4, 0.5) is 0 Å². The van der Waals surface area contributed by atoms with Gasteiger partial charge in [0.15, 0.2) is 0 Å². The van der Waals surface area contributed by atoms with Crippen LogP contribution in [0.25, 0.3) is 0 Å². The van der Waals surface area contributed by atoms with Crippen molar-refractivity contribution in [2.24, 2.45) is 5.73 Å². The predicted molar refractivity (Wildman–Crippen MR) is 79.7 cm³/mol. The third-order valence-electron chi connectivity index (χ3n) is 4.51. The second kappa shape index (κ2) is 5.85. The van der Waals surface area contributed by atoms with Crippen molar-refractivity contribution in [1.29, 1.82) is 0 Å². The molecule has 1 saturated heterocycles. The molecule has 1 aliphatic carbocycles. The lowest BCUT2D eigenvalue weighted by Gasteiger charge is -2.39. The number of nitrogens with two attached hydrogens (primary N) is 1. The van der Waals surface area contributed by atoms with Crippen molar-refractivity contribution in [3.05, 3.63) is 35.4 Å². The van der Waals surface area contributed by atoms with E-state index in [0.717, 1.165) is 37.9 Å². The van der Waals surface area contributed by atoms with Gasteiger partial charge in [0.2, 0.25) is 11.8 Å². The van der Waals surface area contributed by atoms with E-state index in [4.69, 9.17) is 5.73 Å². The Hall–Kier alpha value is -1.88. The number of hydrogen-bond donors (Lipinski definition) is 2. The molecule has 3 rings (SSSR count). The number of rotatable bonds is 4. The Kier molecular flexibility index (Phi) is 3.92. The first-order valence-electron chi connectivity index (χ1n) is 7.54. The molecule has 3 N–H and O–H groups in total. The van der Waals surface area contributed by atoms with Gasteiger partial charge in [0.05, 0.1) is 12.5 Å². The summed E-state index contributed by atoms with van der Waals surface area (Å²) in [5.74, 6) is -0.482. The number of carbonyl (C=O) groups excluding carboxylic acids is 2. The maximum absolute atomic E-state index is 12.8. The summed E-state index contributed by atoms with van der Waals surface area (Å²) in [5, 5.41) is 3.28. The lowest BCUT2D eigenvalue weighted by molar-refractivity contribution is -0.140. The lowest BCUT2D eigenvalue weighted by atomic mass is 9.76. The van der Waals surface area contributed by atoms with E-state index >= 15 is 0 Å². The molecule has 5 nitrogen and oxygen atoms in total. The zero-order valence-electron chi connectivity index (χ0n) is 12.0. The Bertz CT molecular complexity index is 552. The number of nitrogens with zero attached hydrogens (tertiary/aromatic N) is 1. The lowest BCUT2D eigenvalue weighted by Crippen LogP contribution is -2.51. The fourth-order valence-corrected chi connectivity index (χ4v) is 3.35. The van der Waals surface area contributed by atoms with Crippen LogP contribution in [-0.2, 0) is 16.0 Å². The largest absolute Gasteiger partial charge is 0.368 e. The van der Waals surface area contributed by atoms with Gasteiger partial charge in [-0.25, -0.2) is 0 Å². The topological polar surface area (TPSA) is 75.4 Å². The summed E-state index contributed by atoms with van der Waals surface area (Å²) in [7, 11) is 0. The molecule has 0 aromatic heterocycles. The molecule has 1 unspecified atom stereocenters. The van der Waals surface area contributed by atoms with Gasteiger partial charge in [-0.2, -0.15) is 0 Å². The van der Waals surface area contributed by atoms with Crippen molar-refractivity contribution < 1.29 is 9.59 Å². The first-order chi connectivity index (χ1) is 10.2. The van der Waals surface area contributed by atoms with Gasteiger partial charge in [-0.1, -0.05) is 24.3 Å². The minimum absolute atomic E-state index is 0.0299. The Balaban J connectivity index is 1.77. The Morgan fingerprint density at radius 1 is 1.24 bits per heavy atom. The average molecular weight is 287 g/mol. The third-order valence-corrected chi connectivity index (χ3v) is 4.51. The molecule has 2 aliphatic rings. The van der Waals surface area contributed by atoms with E-state index in [0.29, 0.717) is 0 Å². The van der Waals surface area contributed by atoms with E-state index in [-0.39, 0.29) is 24.4 Å². The minimum atomic E-state index is -0.436. The van der Waals surface area contributed by atoms with Crippen molar-refractivity contribution in [3.63, 3.8) is 0 Å². The summed E-state index contributed by atoms with van der Waals surface area (Å²) in [6.07, 6.45) is 2.54. The highest BCUT2D eigenvalue weighted by Crippen LogP contribution is 2.36. The van der Waals surface area contributed by atoms with E-state index in [1.807, 2.05) is 18.2 Å². The number of fused-ring (bicyclic) bond motifs is 1. The summed E-state index contributed by atoms with van der Waals surface area (Å²) in [6.45, 7) is 1.80. The highest BCUT2D eigenvalue weighted by atomic mass is 16.2. The number of carbonyl (C=O) groups is 2. The monoisotopic (exact) mass is 287 g/mol. The summed E-state index contributed by atoms with van der Waals surface area (Å²) in [5.41, 5.74) is 7.68. The SMILES string of the molecule is NC(=O)CN(C(=O)C1Cc2ccccc21)C1CCNCC1. The molecule has 5 heteroatoms. The van der Waals surface area contributed by atoms with Gasteiger partial charge in [0.25, 0.3) is 0 Å². The van der Waals surface area contributed by atoms with E-state index in [2.05, 4.69) is 11.4 Å². The van der Waals surface area contributed by atoms with Crippen LogP contribution < -0.4 is 11.1 Å². The van der Waals surface area contributed by atoms with Crippen LogP contribution in [0.3, 0.4) is 0 Å². The molecule has 1 aromatic rings. The maximum atomic E-state index is 12.8. The van der Waals surface area contributed by atoms with Crippen molar-refractivity contribution >= 4 is 11.8 Å². The molecule has 21 heavy (non-hydrogen) atoms. The van der Waals surface area contributed by atoms with Gasteiger partial charge in [0.1, 0.15) is 0 Å². The summed E-state index contributed by atoms with van der Waals surface area (Å²) >= 11 is 0. The molecule has 0 radical (unpaired) electrons. The predicted octanol–water partition coefficient (Wildman–Crippen LogP) is 0.392. The van der Waals surface area contributed by atoms with E-state index in [1.54, 1.807) is 4.90 Å². The summed E-state index contributed by atoms with van der Waals surface area (Å²) in [6, 6.07) is 8.14. The normalized spacial score (nSPS) is 21.2. The first kappa shape index (κ1) is 14.1. The molecule has 112 valence electrons. The Morgan fingerprint density at radius 3 is 2.62 bits per heavy atom. The van der Waals surface area contributed by atoms with Crippen LogP contribution in [0.5, 0.6) is 0 Å². The van der Waals surface area contributed by atoms with Gasteiger partial charge in [0, 0.05) is 6.04 Å². The minimum Gasteiger partial charge on any atom is -0.368 e. The van der Waals surface area contributed by atoms with Crippen molar-refractivity contribution in [3.8, 4) is 0 Å². The van der Waals surface area contributed by atoms with Crippen molar-refractivity contribution in [2.45, 2.75) is 31.2 Å². The quantitative estimate of drug-likeness (QED) is 0.841. The second-order valence-electron chi connectivity index (χ2n) is 5.87. The van der Waals surface area contributed by atoms with Crippen LogP contribution in [-0.4, -0.2) is 42.4 Å². The maximum Gasteiger partial charge on any atom is 0.237 e. The van der Waals surface area contributed by atoms with Crippen LogP contribution in [0.15, 0.2) is 24.3 Å². The first-order valence-corrected chi connectivity index (χ1v) is 7.54. The molecule has 1 fully saturated rings. The molecule has 1 atom stereocenters. The standard InChI is InChI=1S/C16H21N3O2/c17-15(20)10-19(12-5-7-18-8-6-12)16(21)14-9-11-3-1-2-4-13(11)14/h1-4,12,14,18H,5-10H2,(H2,17,20). The molecule has 1 aromatic carbocycles. The average Bonchev–Trinajstić information content (AvgIpc) is 2.46. The van der Waals surface area contributed by atoms with Gasteiger partial charge in [-0.05, 0) is 43.5 Å². The van der Waals surface area contributed by atoms with Crippen molar-refractivity contribution in [1.82, 2.24) is 10.2 Å². The second-order valence-corrected chi connectivity index (χ2v) is 5.87. The van der Waals surface area contributed by atoms with Gasteiger partial charge >= 0.3 is 0 Å². The zero-order valence-corrected chi connectivity index (χ0v) is 12.0. The summed E-state index contributed by atoms with van der Waals surface area (Å²) in [4.78, 5) is 25.9. The molecule has 0 saturated carbocycles. The number of piperidine rings is 1. The van der Waals surface area contributed by atoms with Gasteiger partial charge in [-0.3, -0.25) is 9.59 Å². The number of benzene rings is 1. The highest BCUT2D eigenvalue weighted by molar-refractivity contribution is 5.90. The third kappa shape index (κ3) is 2.78. The Labute approximate surface area is 124 Å². The van der Waals surface area contributed by atoms with Crippen LogP contribution in [0.2, 0.25) is 0 Å². The number of hydrogen-bond acceptors (Lipinski definition) is 3. The zero-order chi connectivity index (χ0) is 14.8. The van der Waals surface area contributed by atoms with E-state index in [1.165, 1.54) is 5.56 Å². The number of amides is 2. The van der Waals surface area contributed by atoms with Gasteiger partial charge in [-0.15, -0.1) is 0 Å². The van der Waals surface area contributed by atoms with E-state index in [9.17, 15) is 9.59 Å².